The lowest BCUT2D eigenvalue weighted by Crippen LogP contribution is -2.20. The number of sulfone groups is 1. The summed E-state index contributed by atoms with van der Waals surface area (Å²) >= 11 is 1.51. The van der Waals surface area contributed by atoms with Crippen molar-refractivity contribution >= 4 is 44.8 Å². The van der Waals surface area contributed by atoms with E-state index in [1.165, 1.54) is 23.9 Å². The van der Waals surface area contributed by atoms with Gasteiger partial charge in [0.15, 0.2) is 9.84 Å². The monoisotopic (exact) mass is 434 g/mol. The molecule has 0 aliphatic carbocycles. The Hall–Kier alpha value is -2.52. The van der Waals surface area contributed by atoms with Crippen LogP contribution in [0.1, 0.15) is 13.3 Å². The van der Waals surface area contributed by atoms with Crippen molar-refractivity contribution in [3.8, 4) is 5.75 Å². The predicted octanol–water partition coefficient (Wildman–Crippen LogP) is 3.18. The van der Waals surface area contributed by atoms with E-state index < -0.39 is 15.7 Å². The molecule has 0 saturated carbocycles. The number of rotatable bonds is 6. The lowest BCUT2D eigenvalue weighted by atomic mass is 10.2. The van der Waals surface area contributed by atoms with Gasteiger partial charge in [0.25, 0.3) is 0 Å². The van der Waals surface area contributed by atoms with E-state index in [4.69, 9.17) is 4.74 Å². The molecular formula is C20H22N2O5S2. The number of ether oxygens (including phenoxy) is 1. The molecule has 2 amide bonds. The van der Waals surface area contributed by atoms with Crippen molar-refractivity contribution < 1.29 is 22.7 Å². The SMILES string of the molecule is COc1ccc(NC(=O)CCS(=O)(=O)c2ccc3c(c2)NC(=O)[C@@H](C)CS3)cc1. The zero-order valence-corrected chi connectivity index (χ0v) is 17.7. The fourth-order valence-corrected chi connectivity index (χ4v) is 4.99. The van der Waals surface area contributed by atoms with Gasteiger partial charge in [0.1, 0.15) is 5.75 Å². The maximum absolute atomic E-state index is 12.7. The number of hydrogen-bond acceptors (Lipinski definition) is 6. The maximum Gasteiger partial charge on any atom is 0.228 e. The van der Waals surface area contributed by atoms with Crippen LogP contribution in [0.15, 0.2) is 52.3 Å². The third kappa shape index (κ3) is 5.30. The second-order valence-electron chi connectivity index (χ2n) is 6.70. The number of hydrogen-bond donors (Lipinski definition) is 2. The molecule has 1 atom stereocenters. The number of amides is 2. The van der Waals surface area contributed by atoms with Crippen LogP contribution in [0.4, 0.5) is 11.4 Å². The van der Waals surface area contributed by atoms with Crippen LogP contribution in [0.3, 0.4) is 0 Å². The molecule has 9 heteroatoms. The van der Waals surface area contributed by atoms with E-state index >= 15 is 0 Å². The average molecular weight is 435 g/mol. The number of carbonyl (C=O) groups is 2. The van der Waals surface area contributed by atoms with Gasteiger partial charge in [-0.2, -0.15) is 0 Å². The van der Waals surface area contributed by atoms with Gasteiger partial charge in [0, 0.05) is 28.7 Å². The summed E-state index contributed by atoms with van der Waals surface area (Å²) in [6, 6.07) is 11.4. The first-order chi connectivity index (χ1) is 13.8. The van der Waals surface area contributed by atoms with Crippen LogP contribution >= 0.6 is 11.8 Å². The molecule has 0 saturated heterocycles. The number of thioether (sulfide) groups is 1. The Balaban J connectivity index is 1.65. The first-order valence-corrected chi connectivity index (χ1v) is 11.7. The molecule has 7 nitrogen and oxygen atoms in total. The number of fused-ring (bicyclic) bond motifs is 1. The normalized spacial score (nSPS) is 16.3. The van der Waals surface area contributed by atoms with Gasteiger partial charge in [-0.3, -0.25) is 9.59 Å². The highest BCUT2D eigenvalue weighted by Crippen LogP contribution is 2.34. The van der Waals surface area contributed by atoms with Gasteiger partial charge in [0.2, 0.25) is 11.8 Å². The minimum Gasteiger partial charge on any atom is -0.497 e. The molecule has 0 bridgehead atoms. The Labute approximate surface area is 174 Å². The molecule has 29 heavy (non-hydrogen) atoms. The molecule has 0 aromatic heterocycles. The van der Waals surface area contributed by atoms with Gasteiger partial charge < -0.3 is 15.4 Å². The number of carbonyl (C=O) groups excluding carboxylic acids is 2. The van der Waals surface area contributed by atoms with Crippen molar-refractivity contribution in [3.05, 3.63) is 42.5 Å². The molecule has 0 spiro atoms. The van der Waals surface area contributed by atoms with Crippen LogP contribution in [0.2, 0.25) is 0 Å². The van der Waals surface area contributed by atoms with Crippen molar-refractivity contribution in [3.63, 3.8) is 0 Å². The second kappa shape index (κ2) is 8.87. The first kappa shape index (κ1) is 21.2. The van der Waals surface area contributed by atoms with Gasteiger partial charge in [-0.25, -0.2) is 8.42 Å². The molecule has 1 heterocycles. The highest BCUT2D eigenvalue weighted by atomic mass is 32.2. The third-order valence-corrected chi connectivity index (χ3v) is 7.52. The van der Waals surface area contributed by atoms with E-state index in [0.717, 1.165) is 4.90 Å². The van der Waals surface area contributed by atoms with E-state index in [1.807, 2.05) is 6.92 Å². The molecular weight excluding hydrogens is 412 g/mol. The Bertz CT molecular complexity index is 1020. The summed E-state index contributed by atoms with van der Waals surface area (Å²) in [7, 11) is -2.13. The first-order valence-electron chi connectivity index (χ1n) is 9.03. The molecule has 2 N–H and O–H groups in total. The van der Waals surface area contributed by atoms with Crippen molar-refractivity contribution in [2.45, 2.75) is 23.1 Å². The van der Waals surface area contributed by atoms with Crippen molar-refractivity contribution in [1.82, 2.24) is 0 Å². The van der Waals surface area contributed by atoms with Crippen molar-refractivity contribution in [2.24, 2.45) is 5.92 Å². The summed E-state index contributed by atoms with van der Waals surface area (Å²) < 4.78 is 30.4. The van der Waals surface area contributed by atoms with Gasteiger partial charge >= 0.3 is 0 Å². The number of benzene rings is 2. The maximum atomic E-state index is 12.7. The highest BCUT2D eigenvalue weighted by Gasteiger charge is 2.23. The largest absolute Gasteiger partial charge is 0.497 e. The van der Waals surface area contributed by atoms with Gasteiger partial charge in [-0.15, -0.1) is 11.8 Å². The minimum absolute atomic E-state index is 0.0870. The summed E-state index contributed by atoms with van der Waals surface area (Å²) in [6.07, 6.45) is -0.177. The molecule has 0 unspecified atom stereocenters. The Morgan fingerprint density at radius 3 is 2.66 bits per heavy atom. The lowest BCUT2D eigenvalue weighted by molar-refractivity contribution is -0.118. The molecule has 2 aromatic carbocycles. The Kier molecular flexibility index (Phi) is 6.49. The van der Waals surface area contributed by atoms with E-state index in [1.54, 1.807) is 37.4 Å². The summed E-state index contributed by atoms with van der Waals surface area (Å²) in [5.41, 5.74) is 1.06. The van der Waals surface area contributed by atoms with Crippen LogP contribution in [-0.2, 0) is 19.4 Å². The average Bonchev–Trinajstić information content (AvgIpc) is 2.85. The van der Waals surface area contributed by atoms with E-state index in [9.17, 15) is 18.0 Å². The third-order valence-electron chi connectivity index (χ3n) is 4.48. The number of methoxy groups -OCH3 is 1. The fourth-order valence-electron chi connectivity index (χ4n) is 2.72. The molecule has 0 fully saturated rings. The van der Waals surface area contributed by atoms with Crippen LogP contribution in [-0.4, -0.2) is 38.8 Å². The van der Waals surface area contributed by atoms with E-state index in [2.05, 4.69) is 10.6 Å². The van der Waals surface area contributed by atoms with Gasteiger partial charge in [-0.1, -0.05) is 6.92 Å². The lowest BCUT2D eigenvalue weighted by Gasteiger charge is -2.10. The minimum atomic E-state index is -3.68. The molecule has 3 rings (SSSR count). The smallest absolute Gasteiger partial charge is 0.228 e. The van der Waals surface area contributed by atoms with Gasteiger partial charge in [0.05, 0.1) is 23.4 Å². The summed E-state index contributed by atoms with van der Waals surface area (Å²) in [6.45, 7) is 1.83. The van der Waals surface area contributed by atoms with Crippen molar-refractivity contribution in [1.29, 1.82) is 0 Å². The van der Waals surface area contributed by atoms with Crippen LogP contribution in [0.25, 0.3) is 0 Å². The number of anilines is 2. The Morgan fingerprint density at radius 2 is 1.97 bits per heavy atom. The topological polar surface area (TPSA) is 102 Å². The van der Waals surface area contributed by atoms with E-state index in [-0.39, 0.29) is 28.9 Å². The standard InChI is InChI=1S/C20H22N2O5S2/c1-13-12-28-18-8-7-16(11-17(18)22-20(13)24)29(25,26)10-9-19(23)21-14-3-5-15(27-2)6-4-14/h3-8,11,13H,9-10,12H2,1-2H3,(H,21,23)(H,22,24)/t13-/m0/s1. The van der Waals surface area contributed by atoms with Crippen molar-refractivity contribution in [2.75, 3.05) is 29.2 Å². The summed E-state index contributed by atoms with van der Waals surface area (Å²) in [4.78, 5) is 25.1. The summed E-state index contributed by atoms with van der Waals surface area (Å²) in [5.74, 6) is 0.278. The van der Waals surface area contributed by atoms with E-state index in [0.29, 0.717) is 22.9 Å². The fraction of sp³-hybridized carbons (Fsp3) is 0.300. The molecule has 1 aliphatic heterocycles. The zero-order chi connectivity index (χ0) is 21.0. The van der Waals surface area contributed by atoms with Crippen LogP contribution < -0.4 is 15.4 Å². The Morgan fingerprint density at radius 1 is 1.24 bits per heavy atom. The second-order valence-corrected chi connectivity index (χ2v) is 9.88. The van der Waals surface area contributed by atoms with Crippen LogP contribution in [0.5, 0.6) is 5.75 Å². The zero-order valence-electron chi connectivity index (χ0n) is 16.1. The van der Waals surface area contributed by atoms with Crippen LogP contribution in [0, 0.1) is 5.92 Å². The number of nitrogens with one attached hydrogen (secondary N) is 2. The quantitative estimate of drug-likeness (QED) is 0.724. The molecule has 154 valence electrons. The molecule has 2 aromatic rings. The predicted molar refractivity (Wildman–Crippen MR) is 113 cm³/mol. The van der Waals surface area contributed by atoms with Gasteiger partial charge in [-0.05, 0) is 42.5 Å². The molecule has 1 aliphatic rings. The molecule has 0 radical (unpaired) electrons. The highest BCUT2D eigenvalue weighted by molar-refractivity contribution is 7.99. The summed E-state index contributed by atoms with van der Waals surface area (Å²) in [5, 5.41) is 5.44.